The maximum atomic E-state index is 14.8. The van der Waals surface area contributed by atoms with Crippen LogP contribution in [0.1, 0.15) is 5.56 Å². The number of fused-ring (bicyclic) bond motifs is 1. The van der Waals surface area contributed by atoms with E-state index in [0.29, 0.717) is 18.7 Å². The van der Waals surface area contributed by atoms with Crippen LogP contribution in [0.5, 0.6) is 0 Å². The molecule has 0 atom stereocenters. The number of benzene rings is 2. The van der Waals surface area contributed by atoms with Gasteiger partial charge in [0.2, 0.25) is 26.0 Å². The van der Waals surface area contributed by atoms with E-state index < -0.39 is 43.5 Å². The number of sulfonamides is 2. The Balaban J connectivity index is 1.48. The number of nitrogens with two attached hydrogens (primary N) is 1. The van der Waals surface area contributed by atoms with E-state index in [1.54, 1.807) is 0 Å². The number of halogens is 4. The number of hydrogen-bond donors (Lipinski definition) is 4. The number of nitrogens with zero attached hydrogens (tertiary/aromatic N) is 4. The first-order valence-corrected chi connectivity index (χ1v) is 16.1. The van der Waals surface area contributed by atoms with Crippen molar-refractivity contribution in [2.45, 2.75) is 22.5 Å². The Kier molecular flexibility index (Phi) is 8.72. The van der Waals surface area contributed by atoms with Crippen molar-refractivity contribution in [1.29, 1.82) is 0 Å². The van der Waals surface area contributed by atoms with Gasteiger partial charge < -0.3 is 16.0 Å². The number of aromatic nitrogens is 3. The number of alkyl halides is 3. The molecule has 2 aromatic heterocycles. The van der Waals surface area contributed by atoms with E-state index in [1.165, 1.54) is 46.8 Å². The highest BCUT2D eigenvalue weighted by atomic mass is 32.2. The standard InChI is InChI=1S/C26H26F4N8O4S2/c27-19-6-3-17(13-22(19)44(41,42)38-11-9-32-10-12-38)20-7-8-21-23(35-20)24(34-15-26(28,29)30)37-25(36-21)33-14-16-1-4-18(5-2-16)43(31,39)40/h1-8,13,32H,9-12,14-15H2,(H2,31,39,40)(H2,33,34,36,37). The van der Waals surface area contributed by atoms with Gasteiger partial charge in [-0.25, -0.2) is 36.3 Å². The first kappa shape index (κ1) is 31.5. The quantitative estimate of drug-likeness (QED) is 0.197. The molecule has 12 nitrogen and oxygen atoms in total. The summed E-state index contributed by atoms with van der Waals surface area (Å²) < 4.78 is 105. The van der Waals surface area contributed by atoms with Crippen LogP contribution >= 0.6 is 0 Å². The van der Waals surface area contributed by atoms with Gasteiger partial charge in [0.1, 0.15) is 22.8 Å². The van der Waals surface area contributed by atoms with Crippen LogP contribution in [0.15, 0.2) is 64.4 Å². The number of hydrogen-bond acceptors (Lipinski definition) is 10. The highest BCUT2D eigenvalue weighted by Gasteiger charge is 2.30. The second-order valence-corrected chi connectivity index (χ2v) is 13.2. The topological polar surface area (TPSA) is 172 Å². The highest BCUT2D eigenvalue weighted by Crippen LogP contribution is 2.30. The lowest BCUT2D eigenvalue weighted by Gasteiger charge is -2.26. The fourth-order valence-electron chi connectivity index (χ4n) is 4.42. The number of primary sulfonamides is 1. The minimum absolute atomic E-state index is 0.0364. The van der Waals surface area contributed by atoms with E-state index >= 15 is 0 Å². The first-order chi connectivity index (χ1) is 20.7. The van der Waals surface area contributed by atoms with Crippen molar-refractivity contribution >= 4 is 42.8 Å². The average molecular weight is 655 g/mol. The van der Waals surface area contributed by atoms with Crippen LogP contribution < -0.4 is 21.1 Å². The molecule has 0 unspecified atom stereocenters. The summed E-state index contributed by atoms with van der Waals surface area (Å²) in [5.74, 6) is -1.24. The number of pyridine rings is 1. The van der Waals surface area contributed by atoms with Crippen LogP contribution in [0, 0.1) is 5.82 Å². The molecular weight excluding hydrogens is 628 g/mol. The predicted octanol–water partition coefficient (Wildman–Crippen LogP) is 2.66. The van der Waals surface area contributed by atoms with Crippen LogP contribution in [0.3, 0.4) is 0 Å². The Labute approximate surface area is 249 Å². The van der Waals surface area contributed by atoms with Crippen LogP contribution in [0.2, 0.25) is 0 Å². The lowest BCUT2D eigenvalue weighted by atomic mass is 10.1. The summed E-state index contributed by atoms with van der Waals surface area (Å²) in [7, 11) is -8.04. The Bertz CT molecular complexity index is 1900. The van der Waals surface area contributed by atoms with Gasteiger partial charge in [-0.05, 0) is 48.0 Å². The van der Waals surface area contributed by atoms with Crippen LogP contribution in [0.4, 0.5) is 29.3 Å². The molecule has 1 fully saturated rings. The summed E-state index contributed by atoms with van der Waals surface area (Å²) in [6, 6.07) is 12.0. The zero-order chi connectivity index (χ0) is 31.7. The third kappa shape index (κ3) is 7.21. The van der Waals surface area contributed by atoms with Gasteiger partial charge >= 0.3 is 6.18 Å². The number of rotatable bonds is 9. The van der Waals surface area contributed by atoms with Crippen molar-refractivity contribution in [2.75, 3.05) is 43.4 Å². The lowest BCUT2D eigenvalue weighted by molar-refractivity contribution is -0.115. The smallest absolute Gasteiger partial charge is 0.359 e. The number of nitrogens with one attached hydrogen (secondary N) is 3. The van der Waals surface area contributed by atoms with E-state index in [2.05, 4.69) is 30.9 Å². The summed E-state index contributed by atoms with van der Waals surface area (Å²) in [5, 5.41) is 13.3. The SMILES string of the molecule is NS(=O)(=O)c1ccc(CNc2nc(NCC(F)(F)F)c3nc(-c4ccc(F)c(S(=O)(=O)N5CCNCC5)c4)ccc3n2)cc1. The van der Waals surface area contributed by atoms with E-state index in [1.807, 2.05) is 0 Å². The summed E-state index contributed by atoms with van der Waals surface area (Å²) in [6.07, 6.45) is -4.59. The van der Waals surface area contributed by atoms with Crippen LogP contribution in [-0.4, -0.2) is 75.0 Å². The first-order valence-electron chi connectivity index (χ1n) is 13.1. The molecular formula is C26H26F4N8O4S2. The van der Waals surface area contributed by atoms with E-state index in [4.69, 9.17) is 5.14 Å². The highest BCUT2D eigenvalue weighted by molar-refractivity contribution is 7.89. The molecule has 0 aliphatic carbocycles. The third-order valence-corrected chi connectivity index (χ3v) is 9.46. The zero-order valence-corrected chi connectivity index (χ0v) is 24.4. The molecule has 5 rings (SSSR count). The van der Waals surface area contributed by atoms with Crippen LogP contribution in [-0.2, 0) is 26.6 Å². The largest absolute Gasteiger partial charge is 0.405 e. The summed E-state index contributed by atoms with van der Waals surface area (Å²) >= 11 is 0. The predicted molar refractivity (Wildman–Crippen MR) is 154 cm³/mol. The zero-order valence-electron chi connectivity index (χ0n) is 22.8. The van der Waals surface area contributed by atoms with Crippen molar-refractivity contribution in [2.24, 2.45) is 5.14 Å². The molecule has 1 aliphatic heterocycles. The molecule has 44 heavy (non-hydrogen) atoms. The summed E-state index contributed by atoms with van der Waals surface area (Å²) in [4.78, 5) is 12.3. The minimum Gasteiger partial charge on any atom is -0.359 e. The fourth-order valence-corrected chi connectivity index (χ4v) is 6.47. The molecule has 0 radical (unpaired) electrons. The third-order valence-electron chi connectivity index (χ3n) is 6.62. The maximum Gasteiger partial charge on any atom is 0.405 e. The summed E-state index contributed by atoms with van der Waals surface area (Å²) in [6.45, 7) is -0.153. The molecule has 18 heteroatoms. The van der Waals surface area contributed by atoms with Gasteiger partial charge in [-0.2, -0.15) is 22.5 Å². The van der Waals surface area contributed by atoms with Crippen molar-refractivity contribution in [3.8, 4) is 11.3 Å². The van der Waals surface area contributed by atoms with E-state index in [0.717, 1.165) is 12.1 Å². The Morgan fingerprint density at radius 2 is 1.61 bits per heavy atom. The lowest BCUT2D eigenvalue weighted by Crippen LogP contribution is -2.46. The Morgan fingerprint density at radius 3 is 2.27 bits per heavy atom. The summed E-state index contributed by atoms with van der Waals surface area (Å²) in [5.41, 5.74) is 1.11. The molecule has 0 saturated carbocycles. The van der Waals surface area contributed by atoms with E-state index in [-0.39, 0.29) is 58.6 Å². The molecule has 1 saturated heterocycles. The molecule has 2 aromatic carbocycles. The average Bonchev–Trinajstić information content (AvgIpc) is 2.98. The Morgan fingerprint density at radius 1 is 0.909 bits per heavy atom. The van der Waals surface area contributed by atoms with Gasteiger partial charge in [0.15, 0.2) is 5.82 Å². The molecule has 0 spiro atoms. The number of anilines is 2. The molecule has 4 aromatic rings. The minimum atomic E-state index is -4.59. The van der Waals surface area contributed by atoms with Gasteiger partial charge in [-0.1, -0.05) is 12.1 Å². The molecule has 3 heterocycles. The fraction of sp³-hybridized carbons (Fsp3) is 0.269. The van der Waals surface area contributed by atoms with Gasteiger partial charge in [-0.15, -0.1) is 0 Å². The Hall–Kier alpha value is -3.97. The normalized spacial score (nSPS) is 14.9. The van der Waals surface area contributed by atoms with Gasteiger partial charge in [0.25, 0.3) is 0 Å². The molecule has 234 valence electrons. The van der Waals surface area contributed by atoms with Gasteiger partial charge in [0, 0.05) is 38.3 Å². The van der Waals surface area contributed by atoms with Crippen molar-refractivity contribution in [3.63, 3.8) is 0 Å². The van der Waals surface area contributed by atoms with E-state index in [9.17, 15) is 34.4 Å². The van der Waals surface area contributed by atoms with Gasteiger partial charge in [0.05, 0.1) is 16.1 Å². The van der Waals surface area contributed by atoms with Crippen molar-refractivity contribution < 1.29 is 34.4 Å². The molecule has 1 aliphatic rings. The second kappa shape index (κ2) is 12.2. The second-order valence-electron chi connectivity index (χ2n) is 9.77. The molecule has 5 N–H and O–H groups in total. The molecule has 0 bridgehead atoms. The number of piperazine rings is 1. The van der Waals surface area contributed by atoms with Crippen LogP contribution in [0.25, 0.3) is 22.3 Å². The molecule has 0 amide bonds. The van der Waals surface area contributed by atoms with Crippen molar-refractivity contribution in [1.82, 2.24) is 24.6 Å². The van der Waals surface area contributed by atoms with Crippen molar-refractivity contribution in [3.05, 3.63) is 66.0 Å². The van der Waals surface area contributed by atoms with Gasteiger partial charge in [-0.3, -0.25) is 0 Å². The maximum absolute atomic E-state index is 14.8. The monoisotopic (exact) mass is 654 g/mol.